The van der Waals surface area contributed by atoms with Crippen molar-refractivity contribution in [1.82, 2.24) is 0 Å². The highest BCUT2D eigenvalue weighted by Crippen LogP contribution is 2.36. The van der Waals surface area contributed by atoms with Gasteiger partial charge >= 0.3 is 0 Å². The molecular weight excluding hydrogens is 168 g/mol. The van der Waals surface area contributed by atoms with Crippen LogP contribution < -0.4 is 4.74 Å². The van der Waals surface area contributed by atoms with Crippen LogP contribution in [0.5, 0.6) is 11.5 Å². The summed E-state index contributed by atoms with van der Waals surface area (Å²) in [5.74, 6) is 0.364. The maximum atomic E-state index is 11.3. The summed E-state index contributed by atoms with van der Waals surface area (Å²) in [4.78, 5) is 11.3. The third-order valence-electron chi connectivity index (χ3n) is 2.35. The highest BCUT2D eigenvalue weighted by Gasteiger charge is 2.24. The molecule has 0 saturated heterocycles. The van der Waals surface area contributed by atoms with Crippen LogP contribution >= 0.6 is 0 Å². The van der Waals surface area contributed by atoms with Gasteiger partial charge in [0.2, 0.25) is 0 Å². The number of Topliss-reactive ketones (excluding diaryl/α,β-unsaturated/α-hetero) is 1. The summed E-state index contributed by atoms with van der Waals surface area (Å²) in [6, 6.07) is 3.52. The predicted molar refractivity (Wildman–Crippen MR) is 47.3 cm³/mol. The van der Waals surface area contributed by atoms with Crippen molar-refractivity contribution in [2.45, 2.75) is 12.8 Å². The van der Waals surface area contributed by atoms with Gasteiger partial charge < -0.3 is 9.84 Å². The maximum Gasteiger partial charge on any atom is 0.168 e. The van der Waals surface area contributed by atoms with Crippen molar-refractivity contribution in [1.29, 1.82) is 0 Å². The molecular formula is C10H10O3. The number of hydrogen-bond acceptors (Lipinski definition) is 3. The minimum Gasteiger partial charge on any atom is -0.504 e. The van der Waals surface area contributed by atoms with Crippen LogP contribution in [0, 0.1) is 0 Å². The van der Waals surface area contributed by atoms with Gasteiger partial charge in [-0.25, -0.2) is 0 Å². The highest BCUT2D eigenvalue weighted by atomic mass is 16.5. The number of phenols is 1. The van der Waals surface area contributed by atoms with E-state index in [0.29, 0.717) is 17.7 Å². The van der Waals surface area contributed by atoms with Gasteiger partial charge in [0, 0.05) is 6.42 Å². The summed E-state index contributed by atoms with van der Waals surface area (Å²) in [6.07, 6.45) is 1.22. The number of fused-ring (bicyclic) bond motifs is 1. The van der Waals surface area contributed by atoms with Crippen molar-refractivity contribution in [2.24, 2.45) is 0 Å². The zero-order valence-electron chi connectivity index (χ0n) is 7.33. The third kappa shape index (κ3) is 1.08. The number of rotatable bonds is 1. The molecule has 0 bridgehead atoms. The minimum absolute atomic E-state index is 0.00593. The van der Waals surface area contributed by atoms with E-state index in [-0.39, 0.29) is 11.5 Å². The van der Waals surface area contributed by atoms with Crippen molar-refractivity contribution in [3.8, 4) is 11.5 Å². The summed E-state index contributed by atoms with van der Waals surface area (Å²) < 4.78 is 4.92. The van der Waals surface area contributed by atoms with E-state index < -0.39 is 0 Å². The fourth-order valence-electron chi connectivity index (χ4n) is 1.67. The Morgan fingerprint density at radius 3 is 2.85 bits per heavy atom. The number of hydrogen-bond donors (Lipinski definition) is 1. The zero-order chi connectivity index (χ0) is 9.42. The molecule has 68 valence electrons. The first-order chi connectivity index (χ1) is 6.24. The lowest BCUT2D eigenvalue weighted by Crippen LogP contribution is -1.94. The Bertz CT molecular complexity index is 369. The van der Waals surface area contributed by atoms with Crippen molar-refractivity contribution in [3.63, 3.8) is 0 Å². The Kier molecular flexibility index (Phi) is 1.72. The lowest BCUT2D eigenvalue weighted by molar-refractivity contribution is 0.0992. The lowest BCUT2D eigenvalue weighted by atomic mass is 10.1. The Balaban J connectivity index is 2.63. The van der Waals surface area contributed by atoms with Gasteiger partial charge in [-0.3, -0.25) is 4.79 Å². The molecule has 1 aromatic rings. The standard InChI is InChI=1S/C10H10O3/c1-13-8-5-3-6-2-4-7(11)9(6)10(8)12/h3,5,12H,2,4H2,1H3. The first-order valence-corrected chi connectivity index (χ1v) is 4.16. The topological polar surface area (TPSA) is 46.5 Å². The molecule has 0 amide bonds. The molecule has 3 heteroatoms. The van der Waals surface area contributed by atoms with Crippen LogP contribution in [0.1, 0.15) is 22.3 Å². The first-order valence-electron chi connectivity index (χ1n) is 4.16. The number of phenolic OH excluding ortho intramolecular Hbond substituents is 1. The number of aromatic hydroxyl groups is 1. The second-order valence-electron chi connectivity index (χ2n) is 3.07. The van der Waals surface area contributed by atoms with Gasteiger partial charge in [0.1, 0.15) is 0 Å². The molecule has 3 nitrogen and oxygen atoms in total. The fourth-order valence-corrected chi connectivity index (χ4v) is 1.67. The van der Waals surface area contributed by atoms with Crippen molar-refractivity contribution < 1.29 is 14.6 Å². The number of methoxy groups -OCH3 is 1. The van der Waals surface area contributed by atoms with Gasteiger partial charge in [0.25, 0.3) is 0 Å². The Hall–Kier alpha value is -1.51. The molecule has 0 aromatic heterocycles. The third-order valence-corrected chi connectivity index (χ3v) is 2.35. The van der Waals surface area contributed by atoms with E-state index in [1.165, 1.54) is 7.11 Å². The van der Waals surface area contributed by atoms with Gasteiger partial charge in [-0.15, -0.1) is 0 Å². The largest absolute Gasteiger partial charge is 0.504 e. The van der Waals surface area contributed by atoms with Crippen LogP contribution in [-0.4, -0.2) is 18.0 Å². The quantitative estimate of drug-likeness (QED) is 0.709. The van der Waals surface area contributed by atoms with E-state index in [0.717, 1.165) is 12.0 Å². The van der Waals surface area contributed by atoms with E-state index in [4.69, 9.17) is 4.74 Å². The van der Waals surface area contributed by atoms with Gasteiger partial charge in [-0.05, 0) is 18.1 Å². The summed E-state index contributed by atoms with van der Waals surface area (Å²) in [6.45, 7) is 0. The molecule has 0 heterocycles. The van der Waals surface area contributed by atoms with Crippen molar-refractivity contribution >= 4 is 5.78 Å². The van der Waals surface area contributed by atoms with Gasteiger partial charge in [0.15, 0.2) is 17.3 Å². The molecule has 0 unspecified atom stereocenters. The van der Waals surface area contributed by atoms with Crippen LogP contribution in [0.3, 0.4) is 0 Å². The van der Waals surface area contributed by atoms with E-state index in [1.807, 2.05) is 6.07 Å². The van der Waals surface area contributed by atoms with E-state index in [2.05, 4.69) is 0 Å². The monoisotopic (exact) mass is 178 g/mol. The normalized spacial score (nSPS) is 14.4. The molecule has 2 rings (SSSR count). The van der Waals surface area contributed by atoms with Crippen molar-refractivity contribution in [2.75, 3.05) is 7.11 Å². The van der Waals surface area contributed by atoms with E-state index in [1.54, 1.807) is 6.07 Å². The van der Waals surface area contributed by atoms with Crippen LogP contribution in [-0.2, 0) is 6.42 Å². The maximum absolute atomic E-state index is 11.3. The molecule has 13 heavy (non-hydrogen) atoms. The van der Waals surface area contributed by atoms with Crippen molar-refractivity contribution in [3.05, 3.63) is 23.3 Å². The molecule has 0 spiro atoms. The number of ether oxygens (including phenoxy) is 1. The fraction of sp³-hybridized carbons (Fsp3) is 0.300. The molecule has 1 N–H and O–H groups in total. The SMILES string of the molecule is COc1ccc2c(c1O)C(=O)CC2. The molecule has 1 aromatic carbocycles. The summed E-state index contributed by atoms with van der Waals surface area (Å²) >= 11 is 0. The summed E-state index contributed by atoms with van der Waals surface area (Å²) in [5.41, 5.74) is 1.36. The molecule has 0 atom stereocenters. The van der Waals surface area contributed by atoms with Gasteiger partial charge in [-0.1, -0.05) is 6.07 Å². The Morgan fingerprint density at radius 1 is 1.38 bits per heavy atom. The van der Waals surface area contributed by atoms with Crippen LogP contribution in [0.15, 0.2) is 12.1 Å². The number of ketones is 1. The highest BCUT2D eigenvalue weighted by molar-refractivity contribution is 6.03. The second-order valence-corrected chi connectivity index (χ2v) is 3.07. The predicted octanol–water partition coefficient (Wildman–Crippen LogP) is 1.53. The molecule has 0 radical (unpaired) electrons. The van der Waals surface area contributed by atoms with E-state index >= 15 is 0 Å². The number of benzene rings is 1. The molecule has 0 aliphatic heterocycles. The van der Waals surface area contributed by atoms with E-state index in [9.17, 15) is 9.90 Å². The number of carbonyl (C=O) groups is 1. The number of aryl methyl sites for hydroxylation is 1. The summed E-state index contributed by atoms with van der Waals surface area (Å²) in [5, 5.41) is 9.63. The smallest absolute Gasteiger partial charge is 0.168 e. The van der Waals surface area contributed by atoms with Crippen LogP contribution in [0.4, 0.5) is 0 Å². The van der Waals surface area contributed by atoms with Gasteiger partial charge in [-0.2, -0.15) is 0 Å². The van der Waals surface area contributed by atoms with Crippen LogP contribution in [0.2, 0.25) is 0 Å². The lowest BCUT2D eigenvalue weighted by Gasteiger charge is -2.06. The van der Waals surface area contributed by atoms with Crippen LogP contribution in [0.25, 0.3) is 0 Å². The average Bonchev–Trinajstić information content (AvgIpc) is 2.49. The van der Waals surface area contributed by atoms with Gasteiger partial charge in [0.05, 0.1) is 12.7 Å². The Labute approximate surface area is 76.0 Å². The molecule has 1 aliphatic carbocycles. The number of carbonyl (C=O) groups excluding carboxylic acids is 1. The molecule has 1 aliphatic rings. The molecule has 0 saturated carbocycles. The molecule has 0 fully saturated rings. The Morgan fingerprint density at radius 2 is 2.15 bits per heavy atom. The summed E-state index contributed by atoms with van der Waals surface area (Å²) in [7, 11) is 1.47. The average molecular weight is 178 g/mol. The zero-order valence-corrected chi connectivity index (χ0v) is 7.33. The minimum atomic E-state index is -0.0116. The first kappa shape index (κ1) is 8.10. The second kappa shape index (κ2) is 2.76.